The number of hydrogen-bond donors (Lipinski definition) is 2. The average Bonchev–Trinajstić information content (AvgIpc) is 2.47. The molecule has 0 aromatic heterocycles. The first-order valence-electron chi connectivity index (χ1n) is 6.00. The highest BCUT2D eigenvalue weighted by molar-refractivity contribution is 6.30. The summed E-state index contributed by atoms with van der Waals surface area (Å²) in [7, 11) is 1.50. The molecule has 5 heteroatoms. The topological polar surface area (TPSA) is 58.6 Å². The van der Waals surface area contributed by atoms with E-state index in [0.29, 0.717) is 17.3 Å². The van der Waals surface area contributed by atoms with E-state index in [2.05, 4.69) is 5.32 Å². The molecule has 0 heterocycles. The second kappa shape index (κ2) is 6.30. The summed E-state index contributed by atoms with van der Waals surface area (Å²) in [5, 5.41) is 13.1. The quantitative estimate of drug-likeness (QED) is 0.910. The first kappa shape index (κ1) is 14.2. The number of methoxy groups -OCH3 is 1. The van der Waals surface area contributed by atoms with Crippen LogP contribution in [0.3, 0.4) is 0 Å². The number of hydrogen-bond acceptors (Lipinski definition) is 3. The number of phenols is 1. The molecule has 2 aromatic carbocycles. The van der Waals surface area contributed by atoms with Crippen molar-refractivity contribution in [3.05, 3.63) is 58.6 Å². The lowest BCUT2D eigenvalue weighted by Crippen LogP contribution is -2.22. The van der Waals surface area contributed by atoms with Gasteiger partial charge in [-0.15, -0.1) is 0 Å². The Morgan fingerprint density at radius 2 is 1.95 bits per heavy atom. The van der Waals surface area contributed by atoms with Crippen LogP contribution in [0.25, 0.3) is 0 Å². The zero-order valence-electron chi connectivity index (χ0n) is 10.9. The summed E-state index contributed by atoms with van der Waals surface area (Å²) in [4.78, 5) is 12.0. The Kier molecular flexibility index (Phi) is 4.48. The van der Waals surface area contributed by atoms with Crippen molar-refractivity contribution in [2.24, 2.45) is 0 Å². The van der Waals surface area contributed by atoms with E-state index < -0.39 is 0 Å². The standard InChI is InChI=1S/C15H14ClNO3/c1-20-12-6-7-14(18)13(8-12)15(19)17-9-10-2-4-11(16)5-3-10/h2-8,18H,9H2,1H3,(H,17,19). The third-order valence-electron chi connectivity index (χ3n) is 2.81. The summed E-state index contributed by atoms with van der Waals surface area (Å²) in [5.41, 5.74) is 1.10. The van der Waals surface area contributed by atoms with E-state index in [-0.39, 0.29) is 17.2 Å². The number of carbonyl (C=O) groups is 1. The first-order valence-corrected chi connectivity index (χ1v) is 6.37. The summed E-state index contributed by atoms with van der Waals surface area (Å²) in [6.07, 6.45) is 0. The SMILES string of the molecule is COc1ccc(O)c(C(=O)NCc2ccc(Cl)cc2)c1. The maximum atomic E-state index is 12.0. The maximum Gasteiger partial charge on any atom is 0.255 e. The van der Waals surface area contributed by atoms with E-state index in [9.17, 15) is 9.90 Å². The van der Waals surface area contributed by atoms with Crippen LogP contribution in [-0.4, -0.2) is 18.1 Å². The number of ether oxygens (including phenoxy) is 1. The predicted molar refractivity (Wildman–Crippen MR) is 77.3 cm³/mol. The highest BCUT2D eigenvalue weighted by Crippen LogP contribution is 2.22. The van der Waals surface area contributed by atoms with Crippen LogP contribution in [0.1, 0.15) is 15.9 Å². The second-order valence-electron chi connectivity index (χ2n) is 4.19. The lowest BCUT2D eigenvalue weighted by molar-refractivity contribution is 0.0948. The highest BCUT2D eigenvalue weighted by Gasteiger charge is 2.12. The second-order valence-corrected chi connectivity index (χ2v) is 4.63. The fourth-order valence-corrected chi connectivity index (χ4v) is 1.83. The van der Waals surface area contributed by atoms with Crippen LogP contribution in [0.15, 0.2) is 42.5 Å². The molecule has 0 saturated carbocycles. The molecule has 2 N–H and O–H groups in total. The van der Waals surface area contributed by atoms with Crippen molar-refractivity contribution in [3.8, 4) is 11.5 Å². The third kappa shape index (κ3) is 3.42. The van der Waals surface area contributed by atoms with Crippen LogP contribution >= 0.6 is 11.6 Å². The van der Waals surface area contributed by atoms with Crippen molar-refractivity contribution < 1.29 is 14.6 Å². The molecule has 0 aliphatic heterocycles. The van der Waals surface area contributed by atoms with Gasteiger partial charge in [0.2, 0.25) is 0 Å². The largest absolute Gasteiger partial charge is 0.507 e. The fraction of sp³-hybridized carbons (Fsp3) is 0.133. The maximum absolute atomic E-state index is 12.0. The van der Waals surface area contributed by atoms with Crippen molar-refractivity contribution in [1.29, 1.82) is 0 Å². The lowest BCUT2D eigenvalue weighted by atomic mass is 10.1. The van der Waals surface area contributed by atoms with Gasteiger partial charge in [0.1, 0.15) is 11.5 Å². The molecule has 20 heavy (non-hydrogen) atoms. The number of carbonyl (C=O) groups excluding carboxylic acids is 1. The van der Waals surface area contributed by atoms with E-state index in [4.69, 9.17) is 16.3 Å². The molecule has 104 valence electrons. The number of nitrogens with one attached hydrogen (secondary N) is 1. The van der Waals surface area contributed by atoms with Crippen LogP contribution < -0.4 is 10.1 Å². The average molecular weight is 292 g/mol. The number of rotatable bonds is 4. The minimum Gasteiger partial charge on any atom is -0.507 e. The zero-order valence-corrected chi connectivity index (χ0v) is 11.6. The molecule has 0 fully saturated rings. The van der Waals surface area contributed by atoms with Crippen LogP contribution in [0.4, 0.5) is 0 Å². The molecule has 0 atom stereocenters. The number of halogens is 1. The van der Waals surface area contributed by atoms with Gasteiger partial charge in [0, 0.05) is 11.6 Å². The van der Waals surface area contributed by atoms with Gasteiger partial charge in [-0.05, 0) is 35.9 Å². The summed E-state index contributed by atoms with van der Waals surface area (Å²) in [6, 6.07) is 11.7. The van der Waals surface area contributed by atoms with Gasteiger partial charge in [-0.25, -0.2) is 0 Å². The van der Waals surface area contributed by atoms with Gasteiger partial charge in [-0.3, -0.25) is 4.79 Å². The monoisotopic (exact) mass is 291 g/mol. The van der Waals surface area contributed by atoms with E-state index in [1.807, 2.05) is 12.1 Å². The molecule has 2 aromatic rings. The van der Waals surface area contributed by atoms with Gasteiger partial charge in [-0.2, -0.15) is 0 Å². The molecular weight excluding hydrogens is 278 g/mol. The zero-order chi connectivity index (χ0) is 14.5. The highest BCUT2D eigenvalue weighted by atomic mass is 35.5. The molecule has 1 amide bonds. The third-order valence-corrected chi connectivity index (χ3v) is 3.07. The van der Waals surface area contributed by atoms with Gasteiger partial charge < -0.3 is 15.2 Å². The number of aromatic hydroxyl groups is 1. The molecule has 0 saturated heterocycles. The van der Waals surface area contributed by atoms with Gasteiger partial charge in [0.25, 0.3) is 5.91 Å². The normalized spacial score (nSPS) is 10.1. The molecule has 4 nitrogen and oxygen atoms in total. The Bertz CT molecular complexity index is 611. The molecule has 0 aliphatic carbocycles. The van der Waals surface area contributed by atoms with Crippen LogP contribution in [0.2, 0.25) is 5.02 Å². The van der Waals surface area contributed by atoms with Crippen molar-refractivity contribution in [1.82, 2.24) is 5.32 Å². The molecular formula is C15H14ClNO3. The van der Waals surface area contributed by atoms with Crippen molar-refractivity contribution in [3.63, 3.8) is 0 Å². The van der Waals surface area contributed by atoms with Gasteiger partial charge in [0.15, 0.2) is 0 Å². The minimum atomic E-state index is -0.364. The lowest BCUT2D eigenvalue weighted by Gasteiger charge is -2.08. The summed E-state index contributed by atoms with van der Waals surface area (Å²) < 4.78 is 5.03. The summed E-state index contributed by atoms with van der Waals surface area (Å²) in [5.74, 6) is 0.0650. The van der Waals surface area contributed by atoms with Crippen LogP contribution in [-0.2, 0) is 6.54 Å². The van der Waals surface area contributed by atoms with Crippen molar-refractivity contribution in [2.45, 2.75) is 6.54 Å². The first-order chi connectivity index (χ1) is 9.60. The Labute approximate surface area is 122 Å². The molecule has 0 spiro atoms. The Morgan fingerprint density at radius 1 is 1.25 bits per heavy atom. The minimum absolute atomic E-state index is 0.0839. The molecule has 2 rings (SSSR count). The molecule has 0 unspecified atom stereocenters. The van der Waals surface area contributed by atoms with Crippen molar-refractivity contribution in [2.75, 3.05) is 7.11 Å². The van der Waals surface area contributed by atoms with Gasteiger partial charge in [-0.1, -0.05) is 23.7 Å². The van der Waals surface area contributed by atoms with Crippen LogP contribution in [0.5, 0.6) is 11.5 Å². The Hall–Kier alpha value is -2.20. The molecule has 0 radical (unpaired) electrons. The summed E-state index contributed by atoms with van der Waals surface area (Å²) in [6.45, 7) is 0.354. The molecule has 0 bridgehead atoms. The number of phenolic OH excluding ortho intramolecular Hbond substituents is 1. The smallest absolute Gasteiger partial charge is 0.255 e. The Balaban J connectivity index is 2.06. The molecule has 0 aliphatic rings. The van der Waals surface area contributed by atoms with Gasteiger partial charge >= 0.3 is 0 Å². The van der Waals surface area contributed by atoms with E-state index in [0.717, 1.165) is 5.56 Å². The predicted octanol–water partition coefficient (Wildman–Crippen LogP) is 2.98. The van der Waals surface area contributed by atoms with Gasteiger partial charge in [0.05, 0.1) is 12.7 Å². The van der Waals surface area contributed by atoms with E-state index in [1.165, 1.54) is 19.2 Å². The fourth-order valence-electron chi connectivity index (χ4n) is 1.70. The van der Waals surface area contributed by atoms with E-state index >= 15 is 0 Å². The van der Waals surface area contributed by atoms with Crippen LogP contribution in [0, 0.1) is 0 Å². The van der Waals surface area contributed by atoms with E-state index in [1.54, 1.807) is 18.2 Å². The van der Waals surface area contributed by atoms with Crippen molar-refractivity contribution >= 4 is 17.5 Å². The number of amides is 1. The number of benzene rings is 2. The Morgan fingerprint density at radius 3 is 2.60 bits per heavy atom. The summed E-state index contributed by atoms with van der Waals surface area (Å²) >= 11 is 5.79.